The van der Waals surface area contributed by atoms with Gasteiger partial charge >= 0.3 is 0 Å². The molecule has 3 aliphatic carbocycles. The van der Waals surface area contributed by atoms with Gasteiger partial charge in [-0.05, 0) is 88.9 Å². The first-order valence-corrected chi connectivity index (χ1v) is 17.4. The number of hydrogen-bond donors (Lipinski definition) is 0. The Morgan fingerprint density at radius 1 is 0.673 bits per heavy atom. The Morgan fingerprint density at radius 2 is 1.53 bits per heavy atom. The molecule has 2 atom stereocenters. The lowest BCUT2D eigenvalue weighted by molar-refractivity contribution is 0.608. The summed E-state index contributed by atoms with van der Waals surface area (Å²) in [4.78, 5) is 10.8. The van der Waals surface area contributed by atoms with Gasteiger partial charge in [0.2, 0.25) is 0 Å². The van der Waals surface area contributed by atoms with E-state index in [0.717, 1.165) is 70.4 Å². The van der Waals surface area contributed by atoms with E-state index in [2.05, 4.69) is 146 Å². The van der Waals surface area contributed by atoms with E-state index in [9.17, 15) is 0 Å². The zero-order chi connectivity index (χ0) is 32.3. The number of benzene rings is 5. The maximum absolute atomic E-state index is 6.70. The highest BCUT2D eigenvalue weighted by Gasteiger charge is 2.34. The number of para-hydroxylation sites is 1. The molecule has 3 nitrogen and oxygen atoms in total. The van der Waals surface area contributed by atoms with Crippen LogP contribution in [0.1, 0.15) is 64.0 Å². The van der Waals surface area contributed by atoms with Gasteiger partial charge in [-0.2, -0.15) is 0 Å². The minimum atomic E-state index is -0.0391. The monoisotopic (exact) mass is 630 g/mol. The lowest BCUT2D eigenvalue weighted by atomic mass is 9.80. The molecule has 3 aliphatic rings. The van der Waals surface area contributed by atoms with Gasteiger partial charge in [0, 0.05) is 27.8 Å². The number of aromatic nitrogens is 2. The lowest BCUT2D eigenvalue weighted by Gasteiger charge is -2.25. The van der Waals surface area contributed by atoms with Gasteiger partial charge in [-0.3, -0.25) is 0 Å². The molecule has 0 radical (unpaired) electrons. The van der Waals surface area contributed by atoms with Crippen LogP contribution < -0.4 is 0 Å². The van der Waals surface area contributed by atoms with Gasteiger partial charge in [-0.15, -0.1) is 0 Å². The Morgan fingerprint density at radius 3 is 2.45 bits per heavy atom. The first-order chi connectivity index (χ1) is 24.3. The molecule has 2 aromatic heterocycles. The van der Waals surface area contributed by atoms with Crippen molar-refractivity contribution in [3.63, 3.8) is 0 Å². The molecule has 7 aromatic rings. The number of aryl methyl sites for hydroxylation is 1. The number of rotatable bonds is 4. The summed E-state index contributed by atoms with van der Waals surface area (Å²) in [5.41, 5.74) is 14.3. The van der Waals surface area contributed by atoms with Crippen molar-refractivity contribution in [3.8, 4) is 22.5 Å². The average molecular weight is 631 g/mol. The fourth-order valence-electron chi connectivity index (χ4n) is 8.14. The molecule has 0 bridgehead atoms. The predicted molar refractivity (Wildman–Crippen MR) is 200 cm³/mol. The van der Waals surface area contributed by atoms with Gasteiger partial charge in [0.05, 0.1) is 17.1 Å². The fraction of sp³-hybridized carbons (Fsp3) is 0.130. The Labute approximate surface area is 286 Å². The Kier molecular flexibility index (Phi) is 6.58. The molecule has 2 unspecified atom stereocenters. The molecule has 0 fully saturated rings. The summed E-state index contributed by atoms with van der Waals surface area (Å²) in [6, 6.07) is 41.2. The average Bonchev–Trinajstić information content (AvgIpc) is 3.57. The molecule has 0 N–H and O–H groups in total. The SMILES string of the molecule is C1=Cc2cc(C3=CCC(c4nc(C5Cc6ccccc6-c6oc7ccc(-c8ccccc8)cc7c65)nc5ccccc45)C=C3)ccc2CC1. The van der Waals surface area contributed by atoms with Gasteiger partial charge < -0.3 is 4.42 Å². The van der Waals surface area contributed by atoms with Crippen LogP contribution in [0, 0.1) is 0 Å². The molecule has 10 rings (SSSR count). The molecular weight excluding hydrogens is 597 g/mol. The smallest absolute Gasteiger partial charge is 0.139 e. The molecule has 5 aromatic carbocycles. The summed E-state index contributed by atoms with van der Waals surface area (Å²) in [6.07, 6.45) is 15.6. The van der Waals surface area contributed by atoms with E-state index in [1.54, 1.807) is 0 Å². The van der Waals surface area contributed by atoms with Crippen molar-refractivity contribution in [3.05, 3.63) is 179 Å². The number of fused-ring (bicyclic) bond motifs is 7. The molecule has 0 spiro atoms. The van der Waals surface area contributed by atoms with Gasteiger partial charge in [0.25, 0.3) is 0 Å². The number of hydrogen-bond acceptors (Lipinski definition) is 3. The third-order valence-corrected chi connectivity index (χ3v) is 10.6. The highest BCUT2D eigenvalue weighted by atomic mass is 16.3. The van der Waals surface area contributed by atoms with Crippen molar-refractivity contribution < 1.29 is 4.42 Å². The maximum atomic E-state index is 6.70. The molecule has 0 aliphatic heterocycles. The van der Waals surface area contributed by atoms with Crippen molar-refractivity contribution in [2.24, 2.45) is 0 Å². The first kappa shape index (κ1) is 28.2. The third-order valence-electron chi connectivity index (χ3n) is 10.6. The standard InChI is InChI=1S/C46H34N2O/c1-2-10-29(11-3-1)35-24-25-42-39(27-35)43-40(28-36-14-6-7-15-37(36)45(43)49-42)46-47-41-17-9-8-16-38(41)44(48-46)32-21-18-31(19-22-32)34-23-20-30-12-4-5-13-33(30)26-34/h1-3,5-11,13-21,23-27,32,40H,4,12,22,28H2. The summed E-state index contributed by atoms with van der Waals surface area (Å²) in [5.74, 6) is 1.93. The van der Waals surface area contributed by atoms with E-state index in [1.807, 2.05) is 0 Å². The lowest BCUT2D eigenvalue weighted by Crippen LogP contribution is -2.16. The minimum absolute atomic E-state index is 0.0391. The molecule has 3 heteroatoms. The van der Waals surface area contributed by atoms with Gasteiger partial charge in [-0.1, -0.05) is 121 Å². The molecule has 49 heavy (non-hydrogen) atoms. The van der Waals surface area contributed by atoms with Gasteiger partial charge in [0.1, 0.15) is 17.2 Å². The second-order valence-corrected chi connectivity index (χ2v) is 13.5. The largest absolute Gasteiger partial charge is 0.456 e. The van der Waals surface area contributed by atoms with Crippen molar-refractivity contribution in [1.82, 2.24) is 9.97 Å². The summed E-state index contributed by atoms with van der Waals surface area (Å²) in [6.45, 7) is 0. The molecule has 2 heterocycles. The summed E-state index contributed by atoms with van der Waals surface area (Å²) in [7, 11) is 0. The zero-order valence-corrected chi connectivity index (χ0v) is 27.1. The van der Waals surface area contributed by atoms with Crippen molar-refractivity contribution >= 4 is 33.5 Å². The van der Waals surface area contributed by atoms with E-state index in [1.165, 1.54) is 44.5 Å². The van der Waals surface area contributed by atoms with E-state index in [-0.39, 0.29) is 11.8 Å². The van der Waals surface area contributed by atoms with Crippen LogP contribution >= 0.6 is 0 Å². The fourth-order valence-corrected chi connectivity index (χ4v) is 8.14. The predicted octanol–water partition coefficient (Wildman–Crippen LogP) is 11.5. The van der Waals surface area contributed by atoms with E-state index in [0.29, 0.717) is 0 Å². The number of furan rings is 1. The Hall–Kier alpha value is -5.80. The second-order valence-electron chi connectivity index (χ2n) is 13.5. The molecule has 0 amide bonds. The van der Waals surface area contributed by atoms with Crippen LogP contribution in [0.15, 0.2) is 144 Å². The zero-order valence-electron chi connectivity index (χ0n) is 27.1. The third kappa shape index (κ3) is 4.80. The Bertz CT molecular complexity index is 2520. The quantitative estimate of drug-likeness (QED) is 0.194. The van der Waals surface area contributed by atoms with E-state index >= 15 is 0 Å². The van der Waals surface area contributed by atoms with Crippen LogP contribution in [0.2, 0.25) is 0 Å². The highest BCUT2D eigenvalue weighted by molar-refractivity contribution is 5.94. The highest BCUT2D eigenvalue weighted by Crippen LogP contribution is 2.48. The Balaban J connectivity index is 1.09. The van der Waals surface area contributed by atoms with Crippen LogP contribution in [0.5, 0.6) is 0 Å². The van der Waals surface area contributed by atoms with Crippen LogP contribution in [0.4, 0.5) is 0 Å². The van der Waals surface area contributed by atoms with Crippen molar-refractivity contribution in [2.75, 3.05) is 0 Å². The first-order valence-electron chi connectivity index (χ1n) is 17.4. The molecular formula is C46H34N2O. The second kappa shape index (κ2) is 11.4. The molecule has 234 valence electrons. The maximum Gasteiger partial charge on any atom is 0.139 e. The number of nitrogens with zero attached hydrogens (tertiary/aromatic N) is 2. The summed E-state index contributed by atoms with van der Waals surface area (Å²) < 4.78 is 6.70. The molecule has 0 saturated heterocycles. The van der Waals surface area contributed by atoms with E-state index in [4.69, 9.17) is 14.4 Å². The van der Waals surface area contributed by atoms with Crippen LogP contribution in [0.3, 0.4) is 0 Å². The minimum Gasteiger partial charge on any atom is -0.456 e. The van der Waals surface area contributed by atoms with E-state index < -0.39 is 0 Å². The van der Waals surface area contributed by atoms with Crippen LogP contribution in [0.25, 0.3) is 56.0 Å². The van der Waals surface area contributed by atoms with Gasteiger partial charge in [0.15, 0.2) is 0 Å². The van der Waals surface area contributed by atoms with Crippen molar-refractivity contribution in [1.29, 1.82) is 0 Å². The van der Waals surface area contributed by atoms with Crippen molar-refractivity contribution in [2.45, 2.75) is 37.5 Å². The van der Waals surface area contributed by atoms with Gasteiger partial charge in [-0.25, -0.2) is 9.97 Å². The van der Waals surface area contributed by atoms with Crippen LogP contribution in [-0.2, 0) is 12.8 Å². The topological polar surface area (TPSA) is 38.9 Å². The summed E-state index contributed by atoms with van der Waals surface area (Å²) >= 11 is 0. The normalized spacial score (nSPS) is 17.8. The summed E-state index contributed by atoms with van der Waals surface area (Å²) in [5, 5.41) is 2.26. The number of allylic oxidation sites excluding steroid dienone is 5. The molecule has 0 saturated carbocycles. The van der Waals surface area contributed by atoms with Crippen LogP contribution in [-0.4, -0.2) is 9.97 Å².